The molecule has 0 spiro atoms. The Kier molecular flexibility index (Phi) is 5.86. The van der Waals surface area contributed by atoms with E-state index in [-0.39, 0.29) is 5.78 Å². The van der Waals surface area contributed by atoms with E-state index in [1.807, 2.05) is 29.2 Å². The van der Waals surface area contributed by atoms with Crippen LogP contribution in [-0.4, -0.2) is 51.4 Å². The molecule has 1 aromatic heterocycles. The Hall–Kier alpha value is -3.45. The molecule has 0 aliphatic carbocycles. The molecule has 4 rings (SSSR count). The Morgan fingerprint density at radius 2 is 1.81 bits per heavy atom. The topological polar surface area (TPSA) is 81.4 Å². The van der Waals surface area contributed by atoms with Crippen molar-refractivity contribution in [3.05, 3.63) is 59.9 Å². The molecule has 0 saturated carbocycles. The number of hydrogen-bond donors (Lipinski definition) is 1. The number of aliphatic hydroxyl groups is 1. The van der Waals surface area contributed by atoms with E-state index in [1.54, 1.807) is 24.5 Å². The first-order valence-corrected chi connectivity index (χ1v) is 10.0. The fraction of sp³-hybridized carbons (Fsp3) is 0.292. The van der Waals surface area contributed by atoms with Crippen LogP contribution < -0.4 is 19.1 Å². The normalized spacial score (nSPS) is 15.7. The summed E-state index contributed by atoms with van der Waals surface area (Å²) in [7, 11) is 4.55. The Balaban J connectivity index is 1.83. The van der Waals surface area contributed by atoms with Crippen molar-refractivity contribution in [2.75, 3.05) is 39.3 Å². The van der Waals surface area contributed by atoms with E-state index >= 15 is 0 Å². The van der Waals surface area contributed by atoms with E-state index < -0.39 is 6.10 Å². The molecule has 3 aromatic rings. The van der Waals surface area contributed by atoms with Gasteiger partial charge in [-0.25, -0.2) is 0 Å². The minimum Gasteiger partial charge on any atom is -0.493 e. The number of furan rings is 1. The molecule has 1 N–H and O–H groups in total. The molecule has 31 heavy (non-hydrogen) atoms. The predicted molar refractivity (Wildman–Crippen MR) is 117 cm³/mol. The number of aliphatic hydroxyl groups excluding tert-OH is 1. The summed E-state index contributed by atoms with van der Waals surface area (Å²) in [6, 6.07) is 12.6. The van der Waals surface area contributed by atoms with Crippen LogP contribution >= 0.6 is 0 Å². The number of carbonyl (C=O) groups is 1. The SMILES string of the molecule is COc1cc(C(=O)c2cc(-c3ccco3)ccc2N2CC[C@@H](O)C2)cc(OC)c1OC. The Bertz CT molecular complexity index is 1050. The van der Waals surface area contributed by atoms with Gasteiger partial charge < -0.3 is 28.6 Å². The van der Waals surface area contributed by atoms with Crippen LogP contribution in [-0.2, 0) is 0 Å². The van der Waals surface area contributed by atoms with Gasteiger partial charge in [-0.15, -0.1) is 0 Å². The van der Waals surface area contributed by atoms with E-state index in [0.29, 0.717) is 53.6 Å². The molecule has 2 heterocycles. The number of benzene rings is 2. The van der Waals surface area contributed by atoms with Crippen molar-refractivity contribution in [2.24, 2.45) is 0 Å². The zero-order valence-corrected chi connectivity index (χ0v) is 17.8. The van der Waals surface area contributed by atoms with Gasteiger partial charge in [-0.3, -0.25) is 4.79 Å². The second-order valence-corrected chi connectivity index (χ2v) is 7.34. The molecule has 0 amide bonds. The second kappa shape index (κ2) is 8.73. The number of anilines is 1. The Morgan fingerprint density at radius 3 is 2.35 bits per heavy atom. The van der Waals surface area contributed by atoms with Gasteiger partial charge in [-0.1, -0.05) is 0 Å². The highest BCUT2D eigenvalue weighted by Crippen LogP contribution is 2.40. The van der Waals surface area contributed by atoms with Crippen LogP contribution in [0.25, 0.3) is 11.3 Å². The monoisotopic (exact) mass is 423 g/mol. The van der Waals surface area contributed by atoms with Gasteiger partial charge in [0.1, 0.15) is 5.76 Å². The minimum atomic E-state index is -0.408. The number of methoxy groups -OCH3 is 3. The van der Waals surface area contributed by atoms with Gasteiger partial charge in [0.2, 0.25) is 5.75 Å². The van der Waals surface area contributed by atoms with E-state index in [2.05, 4.69) is 0 Å². The van der Waals surface area contributed by atoms with E-state index in [4.69, 9.17) is 18.6 Å². The quantitative estimate of drug-likeness (QED) is 0.579. The van der Waals surface area contributed by atoms with Crippen molar-refractivity contribution in [2.45, 2.75) is 12.5 Å². The Labute approximate surface area is 180 Å². The third kappa shape index (κ3) is 3.96. The molecule has 1 aliphatic heterocycles. The van der Waals surface area contributed by atoms with Gasteiger partial charge in [0, 0.05) is 35.5 Å². The largest absolute Gasteiger partial charge is 0.493 e. The van der Waals surface area contributed by atoms with Crippen LogP contribution in [0.15, 0.2) is 53.1 Å². The lowest BCUT2D eigenvalue weighted by molar-refractivity contribution is 0.103. The lowest BCUT2D eigenvalue weighted by Crippen LogP contribution is -2.23. The Morgan fingerprint density at radius 1 is 1.06 bits per heavy atom. The number of nitrogens with zero attached hydrogens (tertiary/aromatic N) is 1. The van der Waals surface area contributed by atoms with Crippen molar-refractivity contribution in [1.82, 2.24) is 0 Å². The molecule has 2 aromatic carbocycles. The molecule has 1 atom stereocenters. The van der Waals surface area contributed by atoms with E-state index in [9.17, 15) is 9.90 Å². The van der Waals surface area contributed by atoms with E-state index in [0.717, 1.165) is 11.3 Å². The highest BCUT2D eigenvalue weighted by Gasteiger charge is 2.27. The summed E-state index contributed by atoms with van der Waals surface area (Å²) in [5, 5.41) is 10.0. The van der Waals surface area contributed by atoms with Gasteiger partial charge in [0.15, 0.2) is 17.3 Å². The maximum atomic E-state index is 13.7. The van der Waals surface area contributed by atoms with Gasteiger partial charge >= 0.3 is 0 Å². The summed E-state index contributed by atoms with van der Waals surface area (Å²) in [5.41, 5.74) is 2.49. The van der Waals surface area contributed by atoms with Crippen LogP contribution in [0.2, 0.25) is 0 Å². The summed E-state index contributed by atoms with van der Waals surface area (Å²) >= 11 is 0. The van der Waals surface area contributed by atoms with Crippen LogP contribution in [0.4, 0.5) is 5.69 Å². The molecule has 1 saturated heterocycles. The first-order chi connectivity index (χ1) is 15.0. The average molecular weight is 423 g/mol. The highest BCUT2D eigenvalue weighted by atomic mass is 16.5. The van der Waals surface area contributed by atoms with Crippen LogP contribution in [0, 0.1) is 0 Å². The van der Waals surface area contributed by atoms with Crippen molar-refractivity contribution in [1.29, 1.82) is 0 Å². The second-order valence-electron chi connectivity index (χ2n) is 7.34. The molecule has 7 nitrogen and oxygen atoms in total. The molecule has 0 radical (unpaired) electrons. The number of hydrogen-bond acceptors (Lipinski definition) is 7. The zero-order chi connectivity index (χ0) is 22.0. The number of ketones is 1. The maximum absolute atomic E-state index is 13.7. The molecule has 0 bridgehead atoms. The number of carbonyl (C=O) groups excluding carboxylic acids is 1. The zero-order valence-electron chi connectivity index (χ0n) is 17.8. The predicted octanol–water partition coefficient (Wildman–Crippen LogP) is 3.77. The number of rotatable bonds is 7. The number of ether oxygens (including phenoxy) is 3. The first-order valence-electron chi connectivity index (χ1n) is 10.0. The average Bonchev–Trinajstić information content (AvgIpc) is 3.49. The molecule has 7 heteroatoms. The van der Waals surface area contributed by atoms with Crippen molar-refractivity contribution in [3.8, 4) is 28.6 Å². The van der Waals surface area contributed by atoms with Gasteiger partial charge in [0.05, 0.1) is 33.7 Å². The lowest BCUT2D eigenvalue weighted by atomic mass is 9.97. The fourth-order valence-electron chi connectivity index (χ4n) is 3.92. The van der Waals surface area contributed by atoms with Crippen LogP contribution in [0.5, 0.6) is 17.2 Å². The maximum Gasteiger partial charge on any atom is 0.203 e. The highest BCUT2D eigenvalue weighted by molar-refractivity contribution is 6.13. The first kappa shape index (κ1) is 20.8. The minimum absolute atomic E-state index is 0.191. The van der Waals surface area contributed by atoms with Crippen LogP contribution in [0.3, 0.4) is 0 Å². The van der Waals surface area contributed by atoms with Crippen LogP contribution in [0.1, 0.15) is 22.3 Å². The van der Waals surface area contributed by atoms with Gasteiger partial charge in [-0.2, -0.15) is 0 Å². The summed E-state index contributed by atoms with van der Waals surface area (Å²) in [4.78, 5) is 15.7. The third-order valence-corrected chi connectivity index (χ3v) is 5.48. The summed E-state index contributed by atoms with van der Waals surface area (Å²) in [5.74, 6) is 1.72. The molecule has 1 fully saturated rings. The lowest BCUT2D eigenvalue weighted by Gasteiger charge is -2.22. The summed E-state index contributed by atoms with van der Waals surface area (Å²) < 4.78 is 21.7. The standard InChI is InChI=1S/C24H25NO6/c1-28-21-12-16(13-22(29-2)24(21)30-3)23(27)18-11-15(20-5-4-10-31-20)6-7-19(18)25-9-8-17(26)14-25/h4-7,10-13,17,26H,8-9,14H2,1-3H3/t17-/m1/s1. The molecular formula is C24H25NO6. The number of β-amino-alcohol motifs (C(OH)–C–C–N with tert-alkyl or cyclic N) is 1. The van der Waals surface area contributed by atoms with Gasteiger partial charge in [0.25, 0.3) is 0 Å². The fourth-order valence-corrected chi connectivity index (χ4v) is 3.92. The summed E-state index contributed by atoms with van der Waals surface area (Å²) in [6.45, 7) is 1.16. The molecular weight excluding hydrogens is 398 g/mol. The van der Waals surface area contributed by atoms with Crippen molar-refractivity contribution >= 4 is 11.5 Å². The van der Waals surface area contributed by atoms with Gasteiger partial charge in [-0.05, 0) is 48.9 Å². The molecule has 1 aliphatic rings. The van der Waals surface area contributed by atoms with E-state index in [1.165, 1.54) is 21.3 Å². The smallest absolute Gasteiger partial charge is 0.203 e. The van der Waals surface area contributed by atoms with Crippen molar-refractivity contribution in [3.63, 3.8) is 0 Å². The van der Waals surface area contributed by atoms with Crippen molar-refractivity contribution < 1.29 is 28.5 Å². The summed E-state index contributed by atoms with van der Waals surface area (Å²) in [6.07, 6.45) is 1.85. The molecule has 162 valence electrons. The molecule has 0 unspecified atom stereocenters. The third-order valence-electron chi connectivity index (χ3n) is 5.48.